The van der Waals surface area contributed by atoms with Gasteiger partial charge in [-0.05, 0) is 37.1 Å². The lowest BCUT2D eigenvalue weighted by molar-refractivity contribution is 0.0968. The normalized spacial score (nSPS) is 11.1. The van der Waals surface area contributed by atoms with Gasteiger partial charge in [0.25, 0.3) is 0 Å². The molecule has 0 fully saturated rings. The van der Waals surface area contributed by atoms with Crippen LogP contribution in [0.15, 0.2) is 36.7 Å². The molecule has 2 aromatic rings. The molecule has 0 bridgehead atoms. The van der Waals surface area contributed by atoms with Crippen molar-refractivity contribution in [1.82, 2.24) is 9.97 Å². The number of ether oxygens (including phenoxy) is 4. The summed E-state index contributed by atoms with van der Waals surface area (Å²) in [7, 11) is 0. The fourth-order valence-corrected chi connectivity index (χ4v) is 3.85. The van der Waals surface area contributed by atoms with Gasteiger partial charge in [0.05, 0.1) is 25.6 Å². The number of benzene rings is 1. The van der Waals surface area contributed by atoms with Gasteiger partial charge in [-0.15, -0.1) is 0 Å². The van der Waals surface area contributed by atoms with Crippen molar-refractivity contribution in [3.8, 4) is 22.9 Å². The molecule has 0 N–H and O–H groups in total. The highest BCUT2D eigenvalue weighted by Crippen LogP contribution is 2.20. The summed E-state index contributed by atoms with van der Waals surface area (Å²) in [5.41, 5.74) is 0.940. The van der Waals surface area contributed by atoms with E-state index in [0.717, 1.165) is 37.4 Å². The van der Waals surface area contributed by atoms with Crippen molar-refractivity contribution < 1.29 is 18.9 Å². The summed E-state index contributed by atoms with van der Waals surface area (Å²) in [6.45, 7) is 8.37. The highest BCUT2D eigenvalue weighted by Gasteiger charge is 2.04. The Morgan fingerprint density at radius 1 is 0.500 bits per heavy atom. The Labute approximate surface area is 219 Å². The molecule has 36 heavy (non-hydrogen) atoms. The topological polar surface area (TPSA) is 62.7 Å². The van der Waals surface area contributed by atoms with E-state index in [1.807, 2.05) is 24.3 Å². The minimum atomic E-state index is 0.507. The van der Waals surface area contributed by atoms with E-state index in [1.54, 1.807) is 12.4 Å². The lowest BCUT2D eigenvalue weighted by Crippen LogP contribution is -2.08. The van der Waals surface area contributed by atoms with Crippen LogP contribution >= 0.6 is 0 Å². The van der Waals surface area contributed by atoms with E-state index in [2.05, 4.69) is 23.8 Å². The molecule has 0 saturated carbocycles. The van der Waals surface area contributed by atoms with Gasteiger partial charge in [-0.2, -0.15) is 0 Å². The van der Waals surface area contributed by atoms with E-state index < -0.39 is 0 Å². The maximum absolute atomic E-state index is 5.78. The second-order valence-electron chi connectivity index (χ2n) is 9.22. The van der Waals surface area contributed by atoms with Crippen molar-refractivity contribution in [2.24, 2.45) is 0 Å². The van der Waals surface area contributed by atoms with Crippen LogP contribution < -0.4 is 9.47 Å². The van der Waals surface area contributed by atoms with Crippen LogP contribution in [0.2, 0.25) is 0 Å². The predicted molar refractivity (Wildman–Crippen MR) is 147 cm³/mol. The zero-order valence-corrected chi connectivity index (χ0v) is 22.7. The Morgan fingerprint density at radius 3 is 1.50 bits per heavy atom. The van der Waals surface area contributed by atoms with Crippen molar-refractivity contribution in [1.29, 1.82) is 0 Å². The SMILES string of the molecule is CCCCCCCCOCCOc1ccc(-c2ncc(OCCOCCCCCCCC)cn2)cc1. The first-order valence-corrected chi connectivity index (χ1v) is 14.2. The van der Waals surface area contributed by atoms with Crippen LogP contribution in [0.5, 0.6) is 11.5 Å². The van der Waals surface area contributed by atoms with Gasteiger partial charge in [0.15, 0.2) is 11.6 Å². The Hall–Kier alpha value is -2.18. The van der Waals surface area contributed by atoms with Crippen LogP contribution in [0, 0.1) is 0 Å². The maximum atomic E-state index is 5.78. The number of hydrogen-bond acceptors (Lipinski definition) is 6. The number of rotatable bonds is 23. The van der Waals surface area contributed by atoms with Crippen molar-refractivity contribution in [3.63, 3.8) is 0 Å². The molecule has 1 heterocycles. The average molecular weight is 501 g/mol. The molecule has 0 spiro atoms. The molecule has 0 aliphatic heterocycles. The van der Waals surface area contributed by atoms with Gasteiger partial charge in [-0.1, -0.05) is 78.1 Å². The molecule has 1 aromatic carbocycles. The molecule has 0 amide bonds. The lowest BCUT2D eigenvalue weighted by Gasteiger charge is -2.09. The van der Waals surface area contributed by atoms with Gasteiger partial charge in [0, 0.05) is 18.8 Å². The van der Waals surface area contributed by atoms with Gasteiger partial charge < -0.3 is 18.9 Å². The van der Waals surface area contributed by atoms with Gasteiger partial charge in [0.2, 0.25) is 0 Å². The van der Waals surface area contributed by atoms with E-state index in [9.17, 15) is 0 Å². The Bertz CT molecular complexity index is 687. The predicted octanol–water partition coefficient (Wildman–Crippen LogP) is 7.66. The summed E-state index contributed by atoms with van der Waals surface area (Å²) < 4.78 is 22.8. The molecule has 0 atom stereocenters. The van der Waals surface area contributed by atoms with Gasteiger partial charge in [-0.25, -0.2) is 9.97 Å². The molecule has 6 heteroatoms. The fraction of sp³-hybridized carbons (Fsp3) is 0.667. The molecule has 0 radical (unpaired) electrons. The van der Waals surface area contributed by atoms with E-state index >= 15 is 0 Å². The van der Waals surface area contributed by atoms with Crippen molar-refractivity contribution in [2.45, 2.75) is 90.9 Å². The van der Waals surface area contributed by atoms with E-state index in [1.165, 1.54) is 64.2 Å². The number of aromatic nitrogens is 2. The van der Waals surface area contributed by atoms with Crippen LogP contribution in [0.25, 0.3) is 11.4 Å². The summed E-state index contributed by atoms with van der Waals surface area (Å²) in [4.78, 5) is 8.86. The van der Waals surface area contributed by atoms with Crippen LogP contribution in [-0.2, 0) is 9.47 Å². The minimum absolute atomic E-state index is 0.507. The smallest absolute Gasteiger partial charge is 0.159 e. The monoisotopic (exact) mass is 500 g/mol. The van der Waals surface area contributed by atoms with Crippen molar-refractivity contribution in [3.05, 3.63) is 36.7 Å². The molecular formula is C30H48N2O4. The summed E-state index contributed by atoms with van der Waals surface area (Å²) in [5, 5.41) is 0. The van der Waals surface area contributed by atoms with Crippen molar-refractivity contribution in [2.75, 3.05) is 39.6 Å². The molecule has 6 nitrogen and oxygen atoms in total. The highest BCUT2D eigenvalue weighted by molar-refractivity contribution is 5.56. The van der Waals surface area contributed by atoms with Crippen LogP contribution in [0.3, 0.4) is 0 Å². The highest BCUT2D eigenvalue weighted by atomic mass is 16.5. The molecule has 0 aliphatic rings. The molecular weight excluding hydrogens is 452 g/mol. The molecule has 0 saturated heterocycles. The summed E-state index contributed by atoms with van der Waals surface area (Å²) >= 11 is 0. The zero-order valence-electron chi connectivity index (χ0n) is 22.7. The Balaban J connectivity index is 1.53. The first-order valence-electron chi connectivity index (χ1n) is 14.2. The third-order valence-corrected chi connectivity index (χ3v) is 6.02. The zero-order chi connectivity index (χ0) is 25.5. The van der Waals surface area contributed by atoms with Gasteiger partial charge >= 0.3 is 0 Å². The van der Waals surface area contributed by atoms with E-state index in [0.29, 0.717) is 38.0 Å². The summed E-state index contributed by atoms with van der Waals surface area (Å²) in [6.07, 6.45) is 18.7. The molecule has 0 aliphatic carbocycles. The van der Waals surface area contributed by atoms with Crippen molar-refractivity contribution >= 4 is 0 Å². The largest absolute Gasteiger partial charge is 0.491 e. The second-order valence-corrected chi connectivity index (χ2v) is 9.22. The number of hydrogen-bond donors (Lipinski definition) is 0. The molecule has 0 unspecified atom stereocenters. The fourth-order valence-electron chi connectivity index (χ4n) is 3.85. The number of unbranched alkanes of at least 4 members (excludes halogenated alkanes) is 10. The number of nitrogens with zero attached hydrogens (tertiary/aromatic N) is 2. The average Bonchev–Trinajstić information content (AvgIpc) is 2.91. The minimum Gasteiger partial charge on any atom is -0.491 e. The summed E-state index contributed by atoms with van der Waals surface area (Å²) in [5.74, 6) is 2.14. The molecule has 202 valence electrons. The quantitative estimate of drug-likeness (QED) is 0.146. The third-order valence-electron chi connectivity index (χ3n) is 6.02. The Kier molecular flexibility index (Phi) is 17.5. The third kappa shape index (κ3) is 14.4. The molecule has 2 rings (SSSR count). The van der Waals surface area contributed by atoms with Gasteiger partial charge in [-0.3, -0.25) is 0 Å². The standard InChI is InChI=1S/C30H48N2O4/c1-3-5-7-9-11-13-19-33-21-23-35-28-17-15-27(16-18-28)30-31-25-29(26-32-30)36-24-22-34-20-14-12-10-8-6-4-2/h15-18,25-26H,3-14,19-24H2,1-2H3. The van der Waals surface area contributed by atoms with Crippen LogP contribution in [0.4, 0.5) is 0 Å². The second kappa shape index (κ2) is 21.0. The summed E-state index contributed by atoms with van der Waals surface area (Å²) in [6, 6.07) is 7.83. The first-order chi connectivity index (χ1) is 17.8. The molecule has 1 aromatic heterocycles. The maximum Gasteiger partial charge on any atom is 0.159 e. The van der Waals surface area contributed by atoms with Gasteiger partial charge in [0.1, 0.15) is 19.0 Å². The van der Waals surface area contributed by atoms with Crippen LogP contribution in [0.1, 0.15) is 90.9 Å². The Morgan fingerprint density at radius 2 is 0.972 bits per heavy atom. The first kappa shape index (κ1) is 30.0. The van der Waals surface area contributed by atoms with E-state index in [-0.39, 0.29) is 0 Å². The van der Waals surface area contributed by atoms with Crippen LogP contribution in [-0.4, -0.2) is 49.6 Å². The lowest BCUT2D eigenvalue weighted by atomic mass is 10.1. The van der Waals surface area contributed by atoms with E-state index in [4.69, 9.17) is 18.9 Å².